The van der Waals surface area contributed by atoms with Crippen molar-refractivity contribution < 1.29 is 27.8 Å². The van der Waals surface area contributed by atoms with Gasteiger partial charge in [0.1, 0.15) is 5.75 Å². The number of benzene rings is 1. The van der Waals surface area contributed by atoms with Gasteiger partial charge in [-0.15, -0.1) is 0 Å². The van der Waals surface area contributed by atoms with Gasteiger partial charge in [-0.05, 0) is 24.6 Å². The molecule has 0 fully saturated rings. The Morgan fingerprint density at radius 3 is 2.65 bits per heavy atom. The zero-order chi connectivity index (χ0) is 12.9. The molecule has 17 heavy (non-hydrogen) atoms. The number of aliphatic carboxylic acids is 1. The first-order chi connectivity index (χ1) is 7.89. The van der Waals surface area contributed by atoms with E-state index in [1.165, 1.54) is 12.1 Å². The number of carboxylic acids is 1. The lowest BCUT2D eigenvalue weighted by Crippen LogP contribution is -2.06. The van der Waals surface area contributed by atoms with E-state index < -0.39 is 17.7 Å². The Labute approximate surface area is 95.8 Å². The molecule has 0 radical (unpaired) electrons. The van der Waals surface area contributed by atoms with Gasteiger partial charge in [-0.25, -0.2) is 0 Å². The molecule has 1 aromatic rings. The zero-order valence-electron chi connectivity index (χ0n) is 8.83. The van der Waals surface area contributed by atoms with E-state index in [4.69, 9.17) is 9.84 Å². The molecule has 0 aliphatic carbocycles. The Bertz CT molecular complexity index is 388. The minimum absolute atomic E-state index is 0.0705. The lowest BCUT2D eigenvalue weighted by Gasteiger charge is -2.09. The summed E-state index contributed by atoms with van der Waals surface area (Å²) in [6.45, 7) is 0.0770. The molecule has 0 atom stereocenters. The number of carboxylic acid groups (broad SMARTS) is 1. The van der Waals surface area contributed by atoms with Crippen LogP contribution in [0.3, 0.4) is 0 Å². The van der Waals surface area contributed by atoms with Crippen LogP contribution in [0.1, 0.15) is 18.4 Å². The van der Waals surface area contributed by atoms with E-state index in [0.29, 0.717) is 0 Å². The molecule has 1 aromatic carbocycles. The summed E-state index contributed by atoms with van der Waals surface area (Å²) in [5.41, 5.74) is -0.784. The van der Waals surface area contributed by atoms with E-state index in [2.05, 4.69) is 0 Å². The van der Waals surface area contributed by atoms with Crippen LogP contribution in [-0.4, -0.2) is 17.7 Å². The minimum atomic E-state index is -4.40. The van der Waals surface area contributed by atoms with Crippen molar-refractivity contribution in [2.24, 2.45) is 0 Å². The van der Waals surface area contributed by atoms with Gasteiger partial charge in [0.2, 0.25) is 0 Å². The Hall–Kier alpha value is -1.72. The highest BCUT2D eigenvalue weighted by atomic mass is 19.4. The van der Waals surface area contributed by atoms with Crippen molar-refractivity contribution in [1.82, 2.24) is 0 Å². The van der Waals surface area contributed by atoms with Gasteiger partial charge in [0.15, 0.2) is 0 Å². The molecule has 0 amide bonds. The molecule has 0 unspecified atom stereocenters. The maximum absolute atomic E-state index is 12.3. The van der Waals surface area contributed by atoms with Crippen LogP contribution in [0.25, 0.3) is 0 Å². The van der Waals surface area contributed by atoms with Crippen molar-refractivity contribution in [3.63, 3.8) is 0 Å². The predicted octanol–water partition coefficient (Wildman–Crippen LogP) is 2.95. The van der Waals surface area contributed by atoms with Crippen molar-refractivity contribution >= 4 is 5.97 Å². The smallest absolute Gasteiger partial charge is 0.416 e. The van der Waals surface area contributed by atoms with Crippen molar-refractivity contribution in [3.8, 4) is 5.75 Å². The van der Waals surface area contributed by atoms with E-state index in [9.17, 15) is 18.0 Å². The van der Waals surface area contributed by atoms with Gasteiger partial charge >= 0.3 is 12.1 Å². The minimum Gasteiger partial charge on any atom is -0.494 e. The number of rotatable bonds is 5. The SMILES string of the molecule is O=C(O)CCCOc1cccc(C(F)(F)F)c1. The summed E-state index contributed by atoms with van der Waals surface area (Å²) in [5.74, 6) is -0.872. The topological polar surface area (TPSA) is 46.5 Å². The van der Waals surface area contributed by atoms with Crippen LogP contribution in [-0.2, 0) is 11.0 Å². The molecule has 0 aliphatic rings. The fourth-order valence-electron chi connectivity index (χ4n) is 1.18. The first kappa shape index (κ1) is 13.3. The number of hydrogen-bond donors (Lipinski definition) is 1. The predicted molar refractivity (Wildman–Crippen MR) is 53.8 cm³/mol. The molecule has 0 aliphatic heterocycles. The molecule has 1 N–H and O–H groups in total. The van der Waals surface area contributed by atoms with Gasteiger partial charge in [0.25, 0.3) is 0 Å². The molecule has 0 heterocycles. The number of hydrogen-bond acceptors (Lipinski definition) is 2. The van der Waals surface area contributed by atoms with Crippen molar-refractivity contribution in [2.75, 3.05) is 6.61 Å². The lowest BCUT2D eigenvalue weighted by molar-refractivity contribution is -0.138. The lowest BCUT2D eigenvalue weighted by atomic mass is 10.2. The molecule has 0 bridgehead atoms. The van der Waals surface area contributed by atoms with Gasteiger partial charge in [-0.2, -0.15) is 13.2 Å². The van der Waals surface area contributed by atoms with E-state index in [-0.39, 0.29) is 25.2 Å². The normalized spacial score (nSPS) is 11.2. The fourth-order valence-corrected chi connectivity index (χ4v) is 1.18. The van der Waals surface area contributed by atoms with Crippen molar-refractivity contribution in [3.05, 3.63) is 29.8 Å². The van der Waals surface area contributed by atoms with Gasteiger partial charge < -0.3 is 9.84 Å². The van der Waals surface area contributed by atoms with E-state index in [0.717, 1.165) is 12.1 Å². The maximum Gasteiger partial charge on any atom is 0.416 e. The van der Waals surface area contributed by atoms with Crippen LogP contribution in [0.4, 0.5) is 13.2 Å². The summed E-state index contributed by atoms with van der Waals surface area (Å²) in [4.78, 5) is 10.2. The Morgan fingerprint density at radius 1 is 1.35 bits per heavy atom. The Balaban J connectivity index is 2.52. The van der Waals surface area contributed by atoms with Crippen LogP contribution < -0.4 is 4.74 Å². The molecular weight excluding hydrogens is 237 g/mol. The van der Waals surface area contributed by atoms with E-state index >= 15 is 0 Å². The average Bonchev–Trinajstić information content (AvgIpc) is 2.23. The van der Waals surface area contributed by atoms with Crippen LogP contribution in [0.15, 0.2) is 24.3 Å². The molecule has 0 saturated heterocycles. The average molecular weight is 248 g/mol. The van der Waals surface area contributed by atoms with Crippen LogP contribution in [0.2, 0.25) is 0 Å². The molecule has 0 aromatic heterocycles. The van der Waals surface area contributed by atoms with E-state index in [1.807, 2.05) is 0 Å². The molecular formula is C11H11F3O3. The van der Waals surface area contributed by atoms with Crippen molar-refractivity contribution in [2.45, 2.75) is 19.0 Å². The molecule has 3 nitrogen and oxygen atoms in total. The molecule has 1 rings (SSSR count). The maximum atomic E-state index is 12.3. The highest BCUT2D eigenvalue weighted by Gasteiger charge is 2.30. The Kier molecular flexibility index (Phi) is 4.37. The van der Waals surface area contributed by atoms with E-state index in [1.54, 1.807) is 0 Å². The zero-order valence-corrected chi connectivity index (χ0v) is 8.83. The summed E-state index contributed by atoms with van der Waals surface area (Å²) in [5, 5.41) is 8.36. The second-order valence-electron chi connectivity index (χ2n) is 3.37. The van der Waals surface area contributed by atoms with Gasteiger partial charge in [0.05, 0.1) is 12.2 Å². The third-order valence-electron chi connectivity index (χ3n) is 1.97. The standard InChI is InChI=1S/C11H11F3O3/c12-11(13,14)8-3-1-4-9(7-8)17-6-2-5-10(15)16/h1,3-4,7H,2,5-6H2,(H,15,16). The quantitative estimate of drug-likeness (QED) is 0.815. The first-order valence-electron chi connectivity index (χ1n) is 4.91. The summed E-state index contributed by atoms with van der Waals surface area (Å²) in [7, 11) is 0. The monoisotopic (exact) mass is 248 g/mol. The Morgan fingerprint density at radius 2 is 2.06 bits per heavy atom. The van der Waals surface area contributed by atoms with Crippen LogP contribution in [0.5, 0.6) is 5.75 Å². The third kappa shape index (κ3) is 4.76. The fraction of sp³-hybridized carbons (Fsp3) is 0.364. The van der Waals surface area contributed by atoms with Crippen LogP contribution >= 0.6 is 0 Å². The molecule has 6 heteroatoms. The molecule has 0 spiro atoms. The summed E-state index contributed by atoms with van der Waals surface area (Å²) >= 11 is 0. The summed E-state index contributed by atoms with van der Waals surface area (Å²) in [6.07, 6.45) is -4.22. The third-order valence-corrected chi connectivity index (χ3v) is 1.97. The number of ether oxygens (including phenoxy) is 1. The second kappa shape index (κ2) is 5.56. The summed E-state index contributed by atoms with van der Waals surface area (Å²) < 4.78 is 42.0. The molecule has 0 saturated carbocycles. The van der Waals surface area contributed by atoms with Gasteiger partial charge in [-0.1, -0.05) is 6.07 Å². The first-order valence-corrected chi connectivity index (χ1v) is 4.91. The van der Waals surface area contributed by atoms with Gasteiger partial charge in [-0.3, -0.25) is 4.79 Å². The largest absolute Gasteiger partial charge is 0.494 e. The highest BCUT2D eigenvalue weighted by molar-refractivity contribution is 5.66. The summed E-state index contributed by atoms with van der Waals surface area (Å²) in [6, 6.07) is 4.48. The number of halogens is 3. The second-order valence-corrected chi connectivity index (χ2v) is 3.37. The highest BCUT2D eigenvalue weighted by Crippen LogP contribution is 2.31. The van der Waals surface area contributed by atoms with Gasteiger partial charge in [0, 0.05) is 6.42 Å². The molecule has 94 valence electrons. The van der Waals surface area contributed by atoms with Crippen molar-refractivity contribution in [1.29, 1.82) is 0 Å². The van der Waals surface area contributed by atoms with Crippen LogP contribution in [0, 0.1) is 0 Å². The number of carbonyl (C=O) groups is 1. The number of alkyl halides is 3.